The molecule has 0 saturated heterocycles. The molecule has 1 heteroatoms. The van der Waals surface area contributed by atoms with E-state index < -0.39 is 0 Å². The largest absolute Gasteiger partial charge is 0.456 e. The monoisotopic (exact) mass is 472 g/mol. The first-order valence-electron chi connectivity index (χ1n) is 13.0. The molecule has 2 unspecified atom stereocenters. The van der Waals surface area contributed by atoms with Crippen molar-refractivity contribution in [3.63, 3.8) is 0 Å². The van der Waals surface area contributed by atoms with E-state index in [9.17, 15) is 0 Å². The molecule has 1 nitrogen and oxygen atoms in total. The fourth-order valence-electron chi connectivity index (χ4n) is 6.28. The average Bonchev–Trinajstić information content (AvgIpc) is 3.33. The van der Waals surface area contributed by atoms with E-state index in [1.807, 2.05) is 12.1 Å². The van der Waals surface area contributed by atoms with Crippen LogP contribution >= 0.6 is 0 Å². The van der Waals surface area contributed by atoms with Crippen LogP contribution in [-0.2, 0) is 0 Å². The van der Waals surface area contributed by atoms with Gasteiger partial charge >= 0.3 is 0 Å². The molecule has 1 aromatic heterocycles. The van der Waals surface area contributed by atoms with Gasteiger partial charge < -0.3 is 4.42 Å². The molecule has 37 heavy (non-hydrogen) atoms. The van der Waals surface area contributed by atoms with E-state index in [0.29, 0.717) is 11.8 Å². The molecule has 0 N–H and O–H groups in total. The van der Waals surface area contributed by atoms with Gasteiger partial charge in [-0.2, -0.15) is 0 Å². The summed E-state index contributed by atoms with van der Waals surface area (Å²) in [6.45, 7) is 0. The van der Waals surface area contributed by atoms with Crippen LogP contribution < -0.4 is 0 Å². The molecule has 0 saturated carbocycles. The van der Waals surface area contributed by atoms with Crippen LogP contribution in [0, 0.1) is 11.8 Å². The van der Waals surface area contributed by atoms with E-state index in [1.165, 1.54) is 43.8 Å². The second-order valence-electron chi connectivity index (χ2n) is 10.1. The lowest BCUT2D eigenvalue weighted by Crippen LogP contribution is -2.11. The minimum Gasteiger partial charge on any atom is -0.456 e. The Morgan fingerprint density at radius 1 is 0.486 bits per heavy atom. The molecule has 0 amide bonds. The SMILES string of the molecule is C1=CC2C=CC(c3c4ccccc4c(-c4ccc5oc6ccccc6c5c4)c4ccccc34)=CC2C=C1. The highest BCUT2D eigenvalue weighted by Crippen LogP contribution is 2.45. The quantitative estimate of drug-likeness (QED) is 0.229. The zero-order chi connectivity index (χ0) is 24.3. The van der Waals surface area contributed by atoms with Crippen molar-refractivity contribution >= 4 is 49.1 Å². The Balaban J connectivity index is 1.44. The summed E-state index contributed by atoms with van der Waals surface area (Å²) in [6, 6.07) is 32.7. The molecule has 0 aliphatic heterocycles. The molecule has 2 atom stereocenters. The number of fused-ring (bicyclic) bond motifs is 6. The van der Waals surface area contributed by atoms with Crippen LogP contribution in [-0.4, -0.2) is 0 Å². The maximum Gasteiger partial charge on any atom is 0.135 e. The molecule has 174 valence electrons. The molecular formula is C36H24O. The summed E-state index contributed by atoms with van der Waals surface area (Å²) in [5, 5.41) is 7.45. The molecule has 0 spiro atoms. The molecule has 5 aromatic carbocycles. The highest BCUT2D eigenvalue weighted by Gasteiger charge is 2.22. The van der Waals surface area contributed by atoms with Gasteiger partial charge in [0.2, 0.25) is 0 Å². The minimum atomic E-state index is 0.402. The molecule has 2 aliphatic carbocycles. The topological polar surface area (TPSA) is 13.1 Å². The van der Waals surface area contributed by atoms with Crippen LogP contribution in [0.4, 0.5) is 0 Å². The van der Waals surface area contributed by atoms with Crippen molar-refractivity contribution in [3.05, 3.63) is 139 Å². The highest BCUT2D eigenvalue weighted by atomic mass is 16.3. The predicted octanol–water partition coefficient (Wildman–Crippen LogP) is 9.87. The van der Waals surface area contributed by atoms with Gasteiger partial charge in [-0.15, -0.1) is 0 Å². The first-order chi connectivity index (χ1) is 18.3. The summed E-state index contributed by atoms with van der Waals surface area (Å²) < 4.78 is 6.13. The van der Waals surface area contributed by atoms with Crippen molar-refractivity contribution in [1.82, 2.24) is 0 Å². The maximum absolute atomic E-state index is 6.13. The lowest BCUT2D eigenvalue weighted by molar-refractivity contribution is 0.663. The molecule has 1 heterocycles. The Morgan fingerprint density at radius 3 is 1.81 bits per heavy atom. The van der Waals surface area contributed by atoms with Crippen molar-refractivity contribution in [2.75, 3.05) is 0 Å². The zero-order valence-electron chi connectivity index (χ0n) is 20.3. The molecule has 0 radical (unpaired) electrons. The highest BCUT2D eigenvalue weighted by molar-refractivity contribution is 6.20. The molecule has 8 rings (SSSR count). The van der Waals surface area contributed by atoms with Crippen LogP contribution in [0.5, 0.6) is 0 Å². The number of furan rings is 1. The number of hydrogen-bond donors (Lipinski definition) is 0. The summed E-state index contributed by atoms with van der Waals surface area (Å²) in [5.41, 5.74) is 6.98. The van der Waals surface area contributed by atoms with Crippen molar-refractivity contribution in [2.24, 2.45) is 11.8 Å². The Hall–Kier alpha value is -4.62. The second kappa shape index (κ2) is 7.94. The van der Waals surface area contributed by atoms with E-state index in [0.717, 1.165) is 21.9 Å². The van der Waals surface area contributed by atoms with Gasteiger partial charge in [0.25, 0.3) is 0 Å². The van der Waals surface area contributed by atoms with Crippen molar-refractivity contribution in [3.8, 4) is 11.1 Å². The second-order valence-corrected chi connectivity index (χ2v) is 10.1. The van der Waals surface area contributed by atoms with E-state index in [2.05, 4.69) is 121 Å². The molecule has 0 fully saturated rings. The van der Waals surface area contributed by atoms with E-state index in [4.69, 9.17) is 4.42 Å². The minimum absolute atomic E-state index is 0.402. The summed E-state index contributed by atoms with van der Waals surface area (Å²) >= 11 is 0. The van der Waals surface area contributed by atoms with Crippen LogP contribution in [0.15, 0.2) is 138 Å². The Kier molecular flexibility index (Phi) is 4.41. The van der Waals surface area contributed by atoms with Gasteiger partial charge in [-0.05, 0) is 62.0 Å². The van der Waals surface area contributed by atoms with Crippen molar-refractivity contribution in [1.29, 1.82) is 0 Å². The standard InChI is InChI=1S/C36H24O/c1-2-10-24-21-25(18-17-23(24)9-1)35-28-12-3-5-14-30(28)36(31-15-6-4-13-29(31)35)26-19-20-34-32(22-26)27-11-7-8-16-33(27)37-34/h1-24H. The Labute approximate surface area is 215 Å². The van der Waals surface area contributed by atoms with E-state index in [-0.39, 0.29) is 0 Å². The summed E-state index contributed by atoms with van der Waals surface area (Å²) in [5.74, 6) is 0.848. The van der Waals surface area contributed by atoms with Gasteiger partial charge in [-0.1, -0.05) is 115 Å². The number of para-hydroxylation sites is 1. The summed E-state index contributed by atoms with van der Waals surface area (Å²) in [6.07, 6.45) is 16.1. The molecular weight excluding hydrogens is 448 g/mol. The fourth-order valence-corrected chi connectivity index (χ4v) is 6.28. The third kappa shape index (κ3) is 3.11. The van der Waals surface area contributed by atoms with Gasteiger partial charge in [0.1, 0.15) is 11.2 Å². The van der Waals surface area contributed by atoms with Gasteiger partial charge in [-0.3, -0.25) is 0 Å². The normalized spacial score (nSPS) is 18.6. The Morgan fingerprint density at radius 2 is 1.08 bits per heavy atom. The molecule has 6 aromatic rings. The van der Waals surface area contributed by atoms with Crippen LogP contribution in [0.1, 0.15) is 5.56 Å². The van der Waals surface area contributed by atoms with Crippen LogP contribution in [0.2, 0.25) is 0 Å². The Bertz CT molecular complexity index is 1940. The summed E-state index contributed by atoms with van der Waals surface area (Å²) in [4.78, 5) is 0. The van der Waals surface area contributed by atoms with Gasteiger partial charge in [0.05, 0.1) is 0 Å². The number of rotatable bonds is 2. The fraction of sp³-hybridized carbons (Fsp3) is 0.0556. The number of hydrogen-bond acceptors (Lipinski definition) is 1. The molecule has 0 bridgehead atoms. The maximum atomic E-state index is 6.13. The van der Waals surface area contributed by atoms with Gasteiger partial charge in [0.15, 0.2) is 0 Å². The van der Waals surface area contributed by atoms with E-state index in [1.54, 1.807) is 0 Å². The van der Waals surface area contributed by atoms with Crippen LogP contribution in [0.3, 0.4) is 0 Å². The first-order valence-corrected chi connectivity index (χ1v) is 13.0. The third-order valence-electron chi connectivity index (χ3n) is 7.98. The van der Waals surface area contributed by atoms with E-state index >= 15 is 0 Å². The average molecular weight is 473 g/mol. The van der Waals surface area contributed by atoms with Crippen molar-refractivity contribution < 1.29 is 4.42 Å². The van der Waals surface area contributed by atoms with Gasteiger partial charge in [0, 0.05) is 22.6 Å². The van der Waals surface area contributed by atoms with Crippen LogP contribution in [0.25, 0.3) is 60.2 Å². The third-order valence-corrected chi connectivity index (χ3v) is 7.98. The number of allylic oxidation sites excluding steroid dienone is 8. The zero-order valence-corrected chi connectivity index (χ0v) is 20.3. The van der Waals surface area contributed by atoms with Crippen molar-refractivity contribution in [2.45, 2.75) is 0 Å². The van der Waals surface area contributed by atoms with Gasteiger partial charge in [-0.25, -0.2) is 0 Å². The summed E-state index contributed by atoms with van der Waals surface area (Å²) in [7, 11) is 0. The molecule has 2 aliphatic rings. The predicted molar refractivity (Wildman–Crippen MR) is 157 cm³/mol. The first kappa shape index (κ1) is 20.6. The lowest BCUT2D eigenvalue weighted by Gasteiger charge is -2.25. The number of benzene rings is 5. The lowest BCUT2D eigenvalue weighted by atomic mass is 9.79. The smallest absolute Gasteiger partial charge is 0.135 e.